The normalized spacial score (nSPS) is 12.0. The van der Waals surface area contributed by atoms with Crippen molar-refractivity contribution < 1.29 is 18.7 Å². The number of fused-ring (bicyclic) bond motifs is 1. The van der Waals surface area contributed by atoms with Crippen molar-refractivity contribution >= 4 is 23.0 Å². The zero-order valence-electron chi connectivity index (χ0n) is 14.3. The Morgan fingerprint density at radius 3 is 2.69 bits per heavy atom. The zero-order chi connectivity index (χ0) is 18.5. The number of para-hydroxylation sites is 3. The third kappa shape index (κ3) is 3.28. The molecule has 6 heteroatoms. The number of aromatic nitrogens is 1. The number of methoxy groups -OCH3 is 2. The number of benzene rings is 2. The molecule has 1 atom stereocenters. The lowest BCUT2D eigenvalue weighted by molar-refractivity contribution is -0.115. The van der Waals surface area contributed by atoms with Crippen molar-refractivity contribution in [2.75, 3.05) is 14.2 Å². The van der Waals surface area contributed by atoms with E-state index in [1.54, 1.807) is 42.5 Å². The third-order valence-corrected chi connectivity index (χ3v) is 3.83. The Hall–Kier alpha value is -3.59. The number of nitrogens with zero attached hydrogens (tertiary/aromatic N) is 2. The van der Waals surface area contributed by atoms with Gasteiger partial charge in [0.05, 0.1) is 20.3 Å². The van der Waals surface area contributed by atoms with Gasteiger partial charge in [-0.2, -0.15) is 5.26 Å². The van der Waals surface area contributed by atoms with Gasteiger partial charge >= 0.3 is 0 Å². The van der Waals surface area contributed by atoms with Crippen LogP contribution in [0.3, 0.4) is 0 Å². The Bertz CT molecular complexity index is 981. The minimum Gasteiger partial charge on any atom is -0.493 e. The van der Waals surface area contributed by atoms with Crippen molar-refractivity contribution in [1.82, 2.24) is 4.98 Å². The Labute approximate surface area is 150 Å². The second kappa shape index (κ2) is 7.53. The van der Waals surface area contributed by atoms with Crippen LogP contribution in [0.5, 0.6) is 11.5 Å². The maximum absolute atomic E-state index is 12.5. The van der Waals surface area contributed by atoms with Gasteiger partial charge in [0.1, 0.15) is 5.52 Å². The Morgan fingerprint density at radius 2 is 2.00 bits per heavy atom. The molecule has 0 fully saturated rings. The van der Waals surface area contributed by atoms with E-state index in [-0.39, 0.29) is 5.89 Å². The highest BCUT2D eigenvalue weighted by atomic mass is 16.5. The molecule has 0 aliphatic carbocycles. The van der Waals surface area contributed by atoms with Crippen molar-refractivity contribution in [1.29, 1.82) is 5.26 Å². The number of hydrogen-bond acceptors (Lipinski definition) is 6. The predicted octanol–water partition coefficient (Wildman–Crippen LogP) is 3.73. The van der Waals surface area contributed by atoms with Gasteiger partial charge in [0.15, 0.2) is 28.8 Å². The fraction of sp³-hybridized carbons (Fsp3) is 0.150. The molecule has 6 nitrogen and oxygen atoms in total. The average molecular weight is 348 g/mol. The van der Waals surface area contributed by atoms with Crippen molar-refractivity contribution in [3.63, 3.8) is 0 Å². The molecule has 1 heterocycles. The summed E-state index contributed by atoms with van der Waals surface area (Å²) in [5, 5.41) is 9.41. The van der Waals surface area contributed by atoms with Crippen molar-refractivity contribution in [3.05, 3.63) is 60.0 Å². The lowest BCUT2D eigenvalue weighted by atomic mass is 10.0. The lowest BCUT2D eigenvalue weighted by Gasteiger charge is -2.09. The molecule has 0 spiro atoms. The van der Waals surface area contributed by atoms with Gasteiger partial charge in [-0.15, -0.1) is 0 Å². The SMILES string of the molecule is COc1cccc(/C=C\C(=O)[C@@H](C#N)c2nc3ccccc3o2)c1OC. The average Bonchev–Trinajstić information content (AvgIpc) is 3.10. The second-order valence-corrected chi connectivity index (χ2v) is 5.40. The van der Waals surface area contributed by atoms with Gasteiger partial charge in [-0.05, 0) is 30.4 Å². The molecule has 0 aliphatic rings. The summed E-state index contributed by atoms with van der Waals surface area (Å²) in [5.41, 5.74) is 1.80. The molecule has 0 saturated heterocycles. The van der Waals surface area contributed by atoms with Crippen LogP contribution in [0.25, 0.3) is 17.2 Å². The molecular formula is C20H16N2O4. The molecule has 2 aromatic carbocycles. The monoisotopic (exact) mass is 348 g/mol. The summed E-state index contributed by atoms with van der Waals surface area (Å²) in [4.78, 5) is 16.7. The largest absolute Gasteiger partial charge is 0.493 e. The summed E-state index contributed by atoms with van der Waals surface area (Å²) in [7, 11) is 3.06. The first kappa shape index (κ1) is 17.2. The van der Waals surface area contributed by atoms with Gasteiger partial charge in [0, 0.05) is 5.56 Å². The number of allylic oxidation sites excluding steroid dienone is 1. The first-order chi connectivity index (χ1) is 12.7. The van der Waals surface area contributed by atoms with Crippen LogP contribution in [0.2, 0.25) is 0 Å². The van der Waals surface area contributed by atoms with Gasteiger partial charge in [0.2, 0.25) is 5.89 Å². The van der Waals surface area contributed by atoms with Crippen LogP contribution in [0.15, 0.2) is 53.0 Å². The van der Waals surface area contributed by atoms with Crippen LogP contribution >= 0.6 is 0 Å². The van der Waals surface area contributed by atoms with Crippen LogP contribution in [-0.4, -0.2) is 25.0 Å². The highest BCUT2D eigenvalue weighted by molar-refractivity contribution is 6.00. The Morgan fingerprint density at radius 1 is 1.19 bits per heavy atom. The van der Waals surface area contributed by atoms with Crippen LogP contribution < -0.4 is 9.47 Å². The van der Waals surface area contributed by atoms with Crippen LogP contribution in [-0.2, 0) is 4.79 Å². The summed E-state index contributed by atoms with van der Waals surface area (Å²) < 4.78 is 16.1. The first-order valence-corrected chi connectivity index (χ1v) is 7.86. The molecule has 0 unspecified atom stereocenters. The molecule has 0 amide bonds. The van der Waals surface area contributed by atoms with Gasteiger partial charge in [-0.3, -0.25) is 4.79 Å². The zero-order valence-corrected chi connectivity index (χ0v) is 14.3. The summed E-state index contributed by atoms with van der Waals surface area (Å²) in [6.45, 7) is 0. The highest BCUT2D eigenvalue weighted by Gasteiger charge is 2.24. The minimum atomic E-state index is -1.12. The minimum absolute atomic E-state index is 0.0842. The van der Waals surface area contributed by atoms with Gasteiger partial charge in [0.25, 0.3) is 0 Å². The highest BCUT2D eigenvalue weighted by Crippen LogP contribution is 2.31. The smallest absolute Gasteiger partial charge is 0.220 e. The fourth-order valence-corrected chi connectivity index (χ4v) is 2.57. The number of oxazole rings is 1. The molecule has 3 aromatic rings. The molecule has 0 aliphatic heterocycles. The van der Waals surface area contributed by atoms with Crippen LogP contribution in [0.4, 0.5) is 0 Å². The van der Waals surface area contributed by atoms with Crippen molar-refractivity contribution in [2.24, 2.45) is 0 Å². The molecule has 0 N–H and O–H groups in total. The molecule has 0 radical (unpaired) electrons. The van der Waals surface area contributed by atoms with Gasteiger partial charge < -0.3 is 13.9 Å². The van der Waals surface area contributed by atoms with Gasteiger partial charge in [-0.1, -0.05) is 24.3 Å². The molecule has 0 bridgehead atoms. The summed E-state index contributed by atoms with van der Waals surface area (Å²) in [5.74, 6) is -0.396. The quantitative estimate of drug-likeness (QED) is 0.631. The summed E-state index contributed by atoms with van der Waals surface area (Å²) in [6, 6.07) is 14.4. The molecule has 3 rings (SSSR count). The number of hydrogen-bond donors (Lipinski definition) is 0. The fourth-order valence-electron chi connectivity index (χ4n) is 2.57. The van der Waals surface area contributed by atoms with E-state index in [2.05, 4.69) is 4.98 Å². The van der Waals surface area contributed by atoms with Gasteiger partial charge in [-0.25, -0.2) is 4.98 Å². The van der Waals surface area contributed by atoms with E-state index in [9.17, 15) is 10.1 Å². The van der Waals surface area contributed by atoms with Crippen LogP contribution in [0, 0.1) is 11.3 Å². The topological polar surface area (TPSA) is 85.4 Å². The van der Waals surface area contributed by atoms with E-state index in [4.69, 9.17) is 13.9 Å². The molecule has 0 saturated carbocycles. The van der Waals surface area contributed by atoms with E-state index in [1.807, 2.05) is 12.1 Å². The maximum Gasteiger partial charge on any atom is 0.220 e. The van der Waals surface area contributed by atoms with Crippen molar-refractivity contribution in [2.45, 2.75) is 5.92 Å². The second-order valence-electron chi connectivity index (χ2n) is 5.40. The Balaban J connectivity index is 1.88. The summed E-state index contributed by atoms with van der Waals surface area (Å²) in [6.07, 6.45) is 2.90. The van der Waals surface area contributed by atoms with E-state index < -0.39 is 11.7 Å². The number of rotatable bonds is 6. The number of carbonyl (C=O) groups is 1. The Kier molecular flexibility index (Phi) is 4.99. The number of ether oxygens (including phenoxy) is 2. The van der Waals surface area contributed by atoms with E-state index in [1.165, 1.54) is 20.3 Å². The van der Waals surface area contributed by atoms with E-state index >= 15 is 0 Å². The van der Waals surface area contributed by atoms with E-state index in [0.29, 0.717) is 28.2 Å². The molecule has 1 aromatic heterocycles. The predicted molar refractivity (Wildman–Crippen MR) is 96.0 cm³/mol. The van der Waals surface area contributed by atoms with Crippen LogP contribution in [0.1, 0.15) is 17.4 Å². The standard InChI is InChI=1S/C20H16N2O4/c1-24-18-9-5-6-13(19(18)25-2)10-11-16(23)14(12-21)20-22-15-7-3-4-8-17(15)26-20/h3-11,14H,1-2H3/b11-10-/t14-/m1/s1. The third-order valence-electron chi connectivity index (χ3n) is 3.83. The van der Waals surface area contributed by atoms with Crippen molar-refractivity contribution in [3.8, 4) is 17.6 Å². The molecule has 130 valence electrons. The lowest BCUT2D eigenvalue weighted by Crippen LogP contribution is -2.08. The molecule has 26 heavy (non-hydrogen) atoms. The number of nitriles is 1. The number of carbonyl (C=O) groups excluding carboxylic acids is 1. The summed E-state index contributed by atoms with van der Waals surface area (Å²) >= 11 is 0. The van der Waals surface area contributed by atoms with E-state index in [0.717, 1.165) is 0 Å². The maximum atomic E-state index is 12.5. The number of ketones is 1. The first-order valence-electron chi connectivity index (χ1n) is 7.86. The molecular weight excluding hydrogens is 332 g/mol.